The van der Waals surface area contributed by atoms with E-state index in [-0.39, 0.29) is 30.2 Å². The number of halogens is 1. The Kier molecular flexibility index (Phi) is 10.2. The molecule has 1 atom stereocenters. The molecular formula is C35H35FN2O7S. The van der Waals surface area contributed by atoms with Crippen LogP contribution in [0.5, 0.6) is 23.0 Å². The molecule has 0 radical (unpaired) electrons. The molecule has 0 fully saturated rings. The molecule has 11 heteroatoms. The molecule has 1 aliphatic rings. The van der Waals surface area contributed by atoms with Crippen LogP contribution in [0, 0.1) is 5.82 Å². The van der Waals surface area contributed by atoms with Gasteiger partial charge in [0, 0.05) is 11.1 Å². The number of esters is 1. The van der Waals surface area contributed by atoms with E-state index in [1.165, 1.54) is 36.2 Å². The van der Waals surface area contributed by atoms with Gasteiger partial charge in [-0.15, -0.1) is 0 Å². The van der Waals surface area contributed by atoms with Crippen molar-refractivity contribution in [3.8, 4) is 23.0 Å². The number of carbonyl (C=O) groups is 1. The van der Waals surface area contributed by atoms with Crippen molar-refractivity contribution in [2.75, 3.05) is 27.9 Å². The molecule has 0 spiro atoms. The predicted octanol–water partition coefficient (Wildman–Crippen LogP) is 5.32. The van der Waals surface area contributed by atoms with Crippen LogP contribution < -0.4 is 33.8 Å². The first-order valence-electron chi connectivity index (χ1n) is 14.8. The summed E-state index contributed by atoms with van der Waals surface area (Å²) in [6.45, 7) is 3.92. The van der Waals surface area contributed by atoms with E-state index in [0.29, 0.717) is 61.1 Å². The topological polar surface area (TPSA) is 97.6 Å². The summed E-state index contributed by atoms with van der Waals surface area (Å²) in [5.74, 6) is 0.973. The van der Waals surface area contributed by atoms with Gasteiger partial charge in [-0.05, 0) is 61.4 Å². The van der Waals surface area contributed by atoms with Crippen molar-refractivity contribution < 1.29 is 32.9 Å². The zero-order valence-electron chi connectivity index (χ0n) is 26.3. The first-order chi connectivity index (χ1) is 22.3. The van der Waals surface area contributed by atoms with Gasteiger partial charge in [-0.2, -0.15) is 0 Å². The molecule has 0 amide bonds. The van der Waals surface area contributed by atoms with E-state index in [1.54, 1.807) is 74.7 Å². The smallest absolute Gasteiger partial charge is 0.338 e. The van der Waals surface area contributed by atoms with Crippen LogP contribution in [0.1, 0.15) is 49.4 Å². The summed E-state index contributed by atoms with van der Waals surface area (Å²) in [6.07, 6.45) is 2.97. The standard InChI is InChI=1S/C35H35FN2O7S/c1-6-10-26-31(34(40)44-7-2)32(24-19-23(41-3)14-16-27(24)42-4)38-33(39)30(46-35(38)37-26)18-21-13-15-28(29(17-21)43-5)45-20-22-11-8-9-12-25(22)36/h8-9,11-19,32H,6-7,10,20H2,1-5H3/b30-18-/t32-/m0/s1. The molecule has 1 aromatic heterocycles. The number of nitrogens with zero attached hydrogens (tertiary/aromatic N) is 2. The molecule has 9 nitrogen and oxygen atoms in total. The quantitative estimate of drug-likeness (QED) is 0.192. The van der Waals surface area contributed by atoms with Crippen LogP contribution in [0.15, 0.2) is 81.7 Å². The van der Waals surface area contributed by atoms with Crippen LogP contribution in [-0.4, -0.2) is 38.5 Å². The molecule has 0 saturated heterocycles. The molecule has 3 aromatic carbocycles. The fourth-order valence-corrected chi connectivity index (χ4v) is 6.30. The molecule has 5 rings (SSSR count). The van der Waals surface area contributed by atoms with E-state index in [2.05, 4.69) is 0 Å². The number of allylic oxidation sites excluding steroid dienone is 1. The average molecular weight is 647 g/mol. The first-order valence-corrected chi connectivity index (χ1v) is 15.6. The molecule has 0 unspecified atom stereocenters. The minimum absolute atomic E-state index is 0.0254. The number of hydrogen-bond acceptors (Lipinski definition) is 9. The number of rotatable bonds is 12. The second kappa shape index (κ2) is 14.5. The minimum Gasteiger partial charge on any atom is -0.497 e. The number of methoxy groups -OCH3 is 3. The molecule has 2 heterocycles. The molecule has 46 heavy (non-hydrogen) atoms. The van der Waals surface area contributed by atoms with Gasteiger partial charge in [0.25, 0.3) is 5.56 Å². The maximum absolute atomic E-state index is 14.2. The van der Waals surface area contributed by atoms with Gasteiger partial charge < -0.3 is 23.7 Å². The highest BCUT2D eigenvalue weighted by Gasteiger charge is 2.36. The van der Waals surface area contributed by atoms with Crippen molar-refractivity contribution in [3.05, 3.63) is 114 Å². The summed E-state index contributed by atoms with van der Waals surface area (Å²) in [7, 11) is 4.59. The lowest BCUT2D eigenvalue weighted by Crippen LogP contribution is -2.40. The number of ether oxygens (including phenoxy) is 5. The van der Waals surface area contributed by atoms with Gasteiger partial charge in [0.15, 0.2) is 16.3 Å². The number of thiazole rings is 1. The lowest BCUT2D eigenvalue weighted by molar-refractivity contribution is -0.139. The van der Waals surface area contributed by atoms with E-state index in [0.717, 1.165) is 6.42 Å². The van der Waals surface area contributed by atoms with Crippen LogP contribution in [0.2, 0.25) is 0 Å². The number of carbonyl (C=O) groups excluding carboxylic acids is 1. The van der Waals surface area contributed by atoms with E-state index in [4.69, 9.17) is 28.7 Å². The molecule has 1 aliphatic heterocycles. The van der Waals surface area contributed by atoms with Gasteiger partial charge in [0.05, 0.1) is 43.7 Å². The van der Waals surface area contributed by atoms with Crippen LogP contribution in [0.3, 0.4) is 0 Å². The van der Waals surface area contributed by atoms with Crippen molar-refractivity contribution in [2.45, 2.75) is 39.3 Å². The highest BCUT2D eigenvalue weighted by molar-refractivity contribution is 7.07. The summed E-state index contributed by atoms with van der Waals surface area (Å²) in [5.41, 5.74) is 2.17. The Morgan fingerprint density at radius 3 is 2.43 bits per heavy atom. The van der Waals surface area contributed by atoms with Crippen molar-refractivity contribution >= 4 is 23.4 Å². The molecule has 0 aliphatic carbocycles. The summed E-state index contributed by atoms with van der Waals surface area (Å²) >= 11 is 1.22. The van der Waals surface area contributed by atoms with Crippen molar-refractivity contribution in [3.63, 3.8) is 0 Å². The van der Waals surface area contributed by atoms with Gasteiger partial charge in [-0.25, -0.2) is 14.2 Å². The average Bonchev–Trinajstić information content (AvgIpc) is 3.37. The predicted molar refractivity (Wildman–Crippen MR) is 173 cm³/mol. The normalized spacial score (nSPS) is 14.4. The summed E-state index contributed by atoms with van der Waals surface area (Å²) < 4.78 is 44.1. The Balaban J connectivity index is 1.63. The monoisotopic (exact) mass is 646 g/mol. The molecule has 0 bridgehead atoms. The minimum atomic E-state index is -0.868. The third-order valence-electron chi connectivity index (χ3n) is 7.45. The summed E-state index contributed by atoms with van der Waals surface area (Å²) in [4.78, 5) is 33.0. The maximum atomic E-state index is 14.2. The van der Waals surface area contributed by atoms with Crippen LogP contribution in [-0.2, 0) is 16.1 Å². The van der Waals surface area contributed by atoms with Gasteiger partial charge in [0.1, 0.15) is 30.0 Å². The van der Waals surface area contributed by atoms with Crippen molar-refractivity contribution in [1.82, 2.24) is 4.57 Å². The SMILES string of the molecule is CCCC1=C(C(=O)OCC)[C@H](c2cc(OC)ccc2OC)n2c(s/c(=C\c3ccc(OCc4ccccc4F)c(OC)c3)c2=O)=N1. The van der Waals surface area contributed by atoms with Gasteiger partial charge in [-0.1, -0.05) is 48.9 Å². The number of benzene rings is 3. The Bertz CT molecular complexity index is 1960. The Labute approximate surface area is 269 Å². The second-order valence-electron chi connectivity index (χ2n) is 10.3. The molecule has 0 saturated carbocycles. The molecule has 0 N–H and O–H groups in total. The fourth-order valence-electron chi connectivity index (χ4n) is 5.28. The van der Waals surface area contributed by atoms with Gasteiger partial charge in [0.2, 0.25) is 0 Å². The Morgan fingerprint density at radius 1 is 0.978 bits per heavy atom. The largest absolute Gasteiger partial charge is 0.497 e. The third-order valence-corrected chi connectivity index (χ3v) is 8.43. The Hall–Kier alpha value is -4.90. The van der Waals surface area contributed by atoms with Crippen molar-refractivity contribution in [1.29, 1.82) is 0 Å². The molecule has 240 valence electrons. The highest BCUT2D eigenvalue weighted by Crippen LogP contribution is 2.39. The zero-order chi connectivity index (χ0) is 32.8. The molecule has 4 aromatic rings. The zero-order valence-corrected chi connectivity index (χ0v) is 27.1. The molecular weight excluding hydrogens is 611 g/mol. The number of fused-ring (bicyclic) bond motifs is 1. The highest BCUT2D eigenvalue weighted by atomic mass is 32.1. The fraction of sp³-hybridized carbons (Fsp3) is 0.286. The van der Waals surface area contributed by atoms with Gasteiger partial charge >= 0.3 is 5.97 Å². The van der Waals surface area contributed by atoms with Crippen molar-refractivity contribution in [2.24, 2.45) is 4.99 Å². The lowest BCUT2D eigenvalue weighted by atomic mass is 9.93. The third kappa shape index (κ3) is 6.55. The van der Waals surface area contributed by atoms with E-state index < -0.39 is 12.0 Å². The second-order valence-corrected chi connectivity index (χ2v) is 11.3. The van der Waals surface area contributed by atoms with E-state index in [1.807, 2.05) is 6.92 Å². The van der Waals surface area contributed by atoms with Crippen LogP contribution >= 0.6 is 11.3 Å². The number of hydrogen-bond donors (Lipinski definition) is 0. The number of aromatic nitrogens is 1. The van der Waals surface area contributed by atoms with Gasteiger partial charge in [-0.3, -0.25) is 9.36 Å². The Morgan fingerprint density at radius 2 is 1.74 bits per heavy atom. The lowest BCUT2D eigenvalue weighted by Gasteiger charge is -2.27. The first kappa shape index (κ1) is 32.5. The van der Waals surface area contributed by atoms with E-state index >= 15 is 0 Å². The van der Waals surface area contributed by atoms with E-state index in [9.17, 15) is 14.0 Å². The maximum Gasteiger partial charge on any atom is 0.338 e. The van der Waals surface area contributed by atoms with Crippen LogP contribution in [0.25, 0.3) is 6.08 Å². The summed E-state index contributed by atoms with van der Waals surface area (Å²) in [6, 6.07) is 16.0. The van der Waals surface area contributed by atoms with Crippen LogP contribution in [0.4, 0.5) is 4.39 Å². The summed E-state index contributed by atoms with van der Waals surface area (Å²) in [5, 5.41) is 0.